The molecule has 4 heteroatoms. The number of rotatable bonds is 4. The summed E-state index contributed by atoms with van der Waals surface area (Å²) in [5.41, 5.74) is 8.18. The monoisotopic (exact) mass is 248 g/mol. The number of hydrogen-bond acceptors (Lipinski definition) is 4. The highest BCUT2D eigenvalue weighted by Crippen LogP contribution is 2.20. The first-order valence-corrected chi connectivity index (χ1v) is 6.81. The first-order chi connectivity index (χ1) is 8.70. The summed E-state index contributed by atoms with van der Waals surface area (Å²) < 4.78 is 0. The van der Waals surface area contributed by atoms with Crippen molar-refractivity contribution >= 4 is 5.69 Å². The molecule has 2 rings (SSSR count). The number of piperazine rings is 1. The fourth-order valence-electron chi connectivity index (χ4n) is 2.57. The Balaban J connectivity index is 1.97. The molecule has 1 saturated heterocycles. The van der Waals surface area contributed by atoms with Crippen LogP contribution in [0.1, 0.15) is 19.4 Å². The van der Waals surface area contributed by atoms with E-state index < -0.39 is 0 Å². The Labute approximate surface area is 110 Å². The van der Waals surface area contributed by atoms with Crippen LogP contribution in [0.5, 0.6) is 0 Å². The van der Waals surface area contributed by atoms with Crippen molar-refractivity contribution < 1.29 is 0 Å². The number of nitrogens with two attached hydrogens (primary N) is 1. The molecule has 0 spiro atoms. The Morgan fingerprint density at radius 2 is 2.00 bits per heavy atom. The Morgan fingerprint density at radius 3 is 2.61 bits per heavy atom. The normalized spacial score (nSPS) is 17.4. The Kier molecular flexibility index (Phi) is 4.55. The van der Waals surface area contributed by atoms with Gasteiger partial charge in [-0.2, -0.15) is 0 Å². The number of aromatic nitrogens is 1. The zero-order valence-electron chi connectivity index (χ0n) is 11.5. The lowest BCUT2D eigenvalue weighted by molar-refractivity contribution is 0.231. The van der Waals surface area contributed by atoms with Crippen molar-refractivity contribution in [2.45, 2.75) is 20.4 Å². The fraction of sp³-hybridized carbons (Fsp3) is 0.643. The van der Waals surface area contributed by atoms with Crippen LogP contribution in [0.4, 0.5) is 5.69 Å². The van der Waals surface area contributed by atoms with Gasteiger partial charge >= 0.3 is 0 Å². The van der Waals surface area contributed by atoms with E-state index in [1.165, 1.54) is 12.2 Å². The largest absolute Gasteiger partial charge is 0.369 e. The summed E-state index contributed by atoms with van der Waals surface area (Å²) in [7, 11) is 0. The van der Waals surface area contributed by atoms with Gasteiger partial charge in [0.05, 0.1) is 0 Å². The summed E-state index contributed by atoms with van der Waals surface area (Å²) >= 11 is 0. The molecular weight excluding hydrogens is 224 g/mol. The lowest BCUT2D eigenvalue weighted by Gasteiger charge is -2.37. The van der Waals surface area contributed by atoms with Crippen LogP contribution in [0.2, 0.25) is 0 Å². The van der Waals surface area contributed by atoms with Crippen molar-refractivity contribution in [1.29, 1.82) is 0 Å². The van der Waals surface area contributed by atoms with E-state index >= 15 is 0 Å². The first kappa shape index (κ1) is 13.3. The minimum atomic E-state index is 0.565. The van der Waals surface area contributed by atoms with Crippen molar-refractivity contribution in [2.24, 2.45) is 11.7 Å². The van der Waals surface area contributed by atoms with Crippen LogP contribution in [0.25, 0.3) is 0 Å². The summed E-state index contributed by atoms with van der Waals surface area (Å²) in [6.07, 6.45) is 3.74. The summed E-state index contributed by atoms with van der Waals surface area (Å²) in [6, 6.07) is 2.08. The number of nitrogens with zero attached hydrogens (tertiary/aromatic N) is 3. The smallest absolute Gasteiger partial charge is 0.0443 e. The van der Waals surface area contributed by atoms with Crippen molar-refractivity contribution in [2.75, 3.05) is 37.6 Å². The second kappa shape index (κ2) is 6.16. The molecule has 0 unspecified atom stereocenters. The molecule has 2 heterocycles. The molecule has 1 aromatic heterocycles. The quantitative estimate of drug-likeness (QED) is 0.873. The molecule has 18 heavy (non-hydrogen) atoms. The van der Waals surface area contributed by atoms with Gasteiger partial charge in [-0.25, -0.2) is 0 Å². The van der Waals surface area contributed by atoms with E-state index in [0.29, 0.717) is 6.54 Å². The van der Waals surface area contributed by atoms with Gasteiger partial charge < -0.3 is 10.6 Å². The van der Waals surface area contributed by atoms with Crippen molar-refractivity contribution in [3.63, 3.8) is 0 Å². The molecule has 100 valence electrons. The second-order valence-electron chi connectivity index (χ2n) is 5.39. The lowest BCUT2D eigenvalue weighted by Crippen LogP contribution is -2.47. The van der Waals surface area contributed by atoms with Crippen molar-refractivity contribution in [3.05, 3.63) is 24.0 Å². The van der Waals surface area contributed by atoms with Crippen molar-refractivity contribution in [1.82, 2.24) is 9.88 Å². The van der Waals surface area contributed by atoms with E-state index in [-0.39, 0.29) is 0 Å². The number of anilines is 1. The average molecular weight is 248 g/mol. The van der Waals surface area contributed by atoms with Gasteiger partial charge in [0, 0.05) is 62.9 Å². The third-order valence-corrected chi connectivity index (χ3v) is 3.43. The lowest BCUT2D eigenvalue weighted by atomic mass is 10.1. The Bertz CT molecular complexity index is 370. The maximum absolute atomic E-state index is 5.77. The van der Waals surface area contributed by atoms with Gasteiger partial charge in [0.15, 0.2) is 0 Å². The van der Waals surface area contributed by atoms with E-state index in [4.69, 9.17) is 5.73 Å². The predicted molar refractivity (Wildman–Crippen MR) is 75.6 cm³/mol. The molecule has 0 aliphatic carbocycles. The highest BCUT2D eigenvalue weighted by Gasteiger charge is 2.19. The molecular formula is C14H24N4. The van der Waals surface area contributed by atoms with Gasteiger partial charge in [-0.1, -0.05) is 13.8 Å². The summed E-state index contributed by atoms with van der Waals surface area (Å²) in [5, 5.41) is 0. The van der Waals surface area contributed by atoms with Crippen LogP contribution in [-0.4, -0.2) is 42.6 Å². The standard InChI is InChI=1S/C14H24N4/c1-12(2)11-17-5-7-18(8-6-17)14-3-4-16-10-13(14)9-15/h3-4,10,12H,5-9,11,15H2,1-2H3. The maximum Gasteiger partial charge on any atom is 0.0443 e. The highest BCUT2D eigenvalue weighted by molar-refractivity contribution is 5.52. The first-order valence-electron chi connectivity index (χ1n) is 6.81. The molecule has 0 saturated carbocycles. The van der Waals surface area contributed by atoms with Gasteiger partial charge in [0.1, 0.15) is 0 Å². The summed E-state index contributed by atoms with van der Waals surface area (Å²) in [6.45, 7) is 10.8. The maximum atomic E-state index is 5.77. The molecule has 1 aliphatic heterocycles. The number of hydrogen-bond donors (Lipinski definition) is 1. The molecule has 4 nitrogen and oxygen atoms in total. The van der Waals surface area contributed by atoms with E-state index in [0.717, 1.165) is 37.7 Å². The van der Waals surface area contributed by atoms with Gasteiger partial charge in [-0.3, -0.25) is 9.88 Å². The predicted octanol–water partition coefficient (Wildman–Crippen LogP) is 1.32. The summed E-state index contributed by atoms with van der Waals surface area (Å²) in [5.74, 6) is 0.747. The summed E-state index contributed by atoms with van der Waals surface area (Å²) in [4.78, 5) is 9.13. The van der Waals surface area contributed by atoms with Crippen LogP contribution >= 0.6 is 0 Å². The van der Waals surface area contributed by atoms with Gasteiger partial charge in [0.25, 0.3) is 0 Å². The van der Waals surface area contributed by atoms with E-state index in [1.807, 2.05) is 12.4 Å². The molecule has 2 N–H and O–H groups in total. The van der Waals surface area contributed by atoms with Gasteiger partial charge in [0.2, 0.25) is 0 Å². The van der Waals surface area contributed by atoms with Crippen LogP contribution in [0, 0.1) is 5.92 Å². The van der Waals surface area contributed by atoms with Crippen LogP contribution in [-0.2, 0) is 6.54 Å². The van der Waals surface area contributed by atoms with E-state index in [9.17, 15) is 0 Å². The Morgan fingerprint density at radius 1 is 1.28 bits per heavy atom. The Hall–Kier alpha value is -1.13. The molecule has 0 radical (unpaired) electrons. The average Bonchev–Trinajstić information content (AvgIpc) is 2.39. The zero-order chi connectivity index (χ0) is 13.0. The second-order valence-corrected chi connectivity index (χ2v) is 5.39. The molecule has 1 fully saturated rings. The van der Waals surface area contributed by atoms with Crippen LogP contribution in [0.3, 0.4) is 0 Å². The SMILES string of the molecule is CC(C)CN1CCN(c2ccncc2CN)CC1. The number of pyridine rings is 1. The molecule has 1 aliphatic rings. The van der Waals surface area contributed by atoms with Crippen LogP contribution < -0.4 is 10.6 Å². The minimum Gasteiger partial charge on any atom is -0.369 e. The third kappa shape index (κ3) is 3.21. The third-order valence-electron chi connectivity index (χ3n) is 3.43. The minimum absolute atomic E-state index is 0.565. The molecule has 0 bridgehead atoms. The molecule has 0 amide bonds. The zero-order valence-corrected chi connectivity index (χ0v) is 11.5. The fourth-order valence-corrected chi connectivity index (χ4v) is 2.57. The topological polar surface area (TPSA) is 45.4 Å². The van der Waals surface area contributed by atoms with Gasteiger partial charge in [-0.15, -0.1) is 0 Å². The van der Waals surface area contributed by atoms with E-state index in [1.54, 1.807) is 0 Å². The molecule has 1 aromatic rings. The highest BCUT2D eigenvalue weighted by atomic mass is 15.3. The van der Waals surface area contributed by atoms with Crippen molar-refractivity contribution in [3.8, 4) is 0 Å². The molecule has 0 aromatic carbocycles. The molecule has 0 atom stereocenters. The van der Waals surface area contributed by atoms with E-state index in [2.05, 4.69) is 34.7 Å². The van der Waals surface area contributed by atoms with Gasteiger partial charge in [-0.05, 0) is 12.0 Å². The van der Waals surface area contributed by atoms with Crippen LogP contribution in [0.15, 0.2) is 18.5 Å².